The lowest BCUT2D eigenvalue weighted by Gasteiger charge is -2.32. The van der Waals surface area contributed by atoms with Crippen LogP contribution in [0.4, 0.5) is 11.6 Å². The maximum Gasteiger partial charge on any atom is 0.361 e. The van der Waals surface area contributed by atoms with Crippen molar-refractivity contribution in [2.75, 3.05) is 30.9 Å². The number of nitrogen functional groups attached to an aromatic ring is 2. The number of hydrogen-bond donors (Lipinski definition) is 3. The van der Waals surface area contributed by atoms with E-state index in [-0.39, 0.29) is 65.4 Å². The highest BCUT2D eigenvalue weighted by atomic mass is 32.2. The van der Waals surface area contributed by atoms with E-state index in [4.69, 9.17) is 39.1 Å². The van der Waals surface area contributed by atoms with Crippen molar-refractivity contribution in [2.45, 2.75) is 74.0 Å². The van der Waals surface area contributed by atoms with Gasteiger partial charge in [-0.1, -0.05) is 18.2 Å². The largest absolute Gasteiger partial charge is 0.790 e. The van der Waals surface area contributed by atoms with Crippen LogP contribution in [0.3, 0.4) is 0 Å². The number of thioether (sulfide) groups is 1. The van der Waals surface area contributed by atoms with Crippen LogP contribution < -0.4 is 37.2 Å². The van der Waals surface area contributed by atoms with Gasteiger partial charge >= 0.3 is 11.7 Å². The number of imidazole rings is 1. The molecule has 28 heteroatoms. The second kappa shape index (κ2) is 19.8. The number of aromatic nitrogens is 7. The second-order valence-corrected chi connectivity index (χ2v) is 17.4. The molecule has 1 amide bonds. The molecule has 0 saturated carbocycles. The molecular formula is C36H39N10O15P2S-3. The van der Waals surface area contributed by atoms with Gasteiger partial charge in [0.15, 0.2) is 22.9 Å². The van der Waals surface area contributed by atoms with Crippen molar-refractivity contribution >= 4 is 62.1 Å². The van der Waals surface area contributed by atoms with Crippen LogP contribution in [0.5, 0.6) is 0 Å². The molecule has 6 heterocycles. The number of hydrogen-bond acceptors (Lipinski definition) is 23. The van der Waals surface area contributed by atoms with Gasteiger partial charge in [0.05, 0.1) is 40.0 Å². The molecule has 2 saturated heterocycles. The van der Waals surface area contributed by atoms with Crippen molar-refractivity contribution < 1.29 is 65.6 Å². The van der Waals surface area contributed by atoms with E-state index in [1.54, 1.807) is 30.3 Å². The van der Waals surface area contributed by atoms with Crippen LogP contribution in [0.15, 0.2) is 75.9 Å². The minimum absolute atomic E-state index is 0.0115. The number of amides is 1. The predicted molar refractivity (Wildman–Crippen MR) is 216 cm³/mol. The number of esters is 1. The van der Waals surface area contributed by atoms with Gasteiger partial charge in [-0.15, -0.1) is 18.3 Å². The Labute approximate surface area is 366 Å². The molecule has 0 bridgehead atoms. The van der Waals surface area contributed by atoms with Crippen LogP contribution in [0, 0.1) is 0 Å². The Balaban J connectivity index is 1.13. The van der Waals surface area contributed by atoms with Crippen LogP contribution in [-0.2, 0) is 48.3 Å². The van der Waals surface area contributed by atoms with Gasteiger partial charge in [-0.3, -0.25) is 18.5 Å². The molecule has 64 heavy (non-hydrogen) atoms. The standard InChI is InChI=1S/C36H42N10O15P2S/c1-3-4-5-26(47)39-14-27-44-30(32(60-27)19-6-8-20(64-2)9-7-19)35(48)59-21-12-29(46-18-42-31-33(38)40-17-41-34(31)46)57-23(21)16-56-63(53,54)61-22-13-28(45-11-10-25(37)43-36(45)49)58-24(22)15-55-62(50,51)52/h3,6-11,17-18,21-24,28-29H,1,4-5,12-16H2,2H3,(H,39,47)(H,53,54)(H2,37,43,49)(H2,38,40,41)(H2,50,51,52)/p-3/t21?,22?,23-,24-,28-,29-/m1/s1. The third-order valence-electron chi connectivity index (χ3n) is 9.77. The molecule has 342 valence electrons. The first-order chi connectivity index (χ1) is 30.5. The SMILES string of the molecule is C=CCCC(=O)NCc1nc(C(=O)OC2C[C@H](n3cnc4c(N)ncnc43)O[C@@H]2COP(=O)([O-])OC2C[C@H](n3ccc(N)nc3=O)O[C@@H]2COP(=O)([O-])[O-])c(-c2ccc(SC)cc2)o1. The third-order valence-corrected chi connectivity index (χ3v) is 12.0. The molecule has 2 aliphatic rings. The quantitative estimate of drug-likeness (QED) is 0.0444. The van der Waals surface area contributed by atoms with Crippen LogP contribution in [-0.4, -0.2) is 89.8 Å². The Morgan fingerprint density at radius 2 is 1.69 bits per heavy atom. The smallest absolute Gasteiger partial charge is 0.361 e. The lowest BCUT2D eigenvalue weighted by Crippen LogP contribution is -2.34. The van der Waals surface area contributed by atoms with E-state index in [2.05, 4.69) is 41.3 Å². The summed E-state index contributed by atoms with van der Waals surface area (Å²) in [6.07, 6.45) is -0.592. The predicted octanol–water partition coefficient (Wildman–Crippen LogP) is 0.723. The van der Waals surface area contributed by atoms with E-state index in [0.717, 1.165) is 9.46 Å². The maximum atomic E-state index is 14.1. The molecule has 1 aromatic carbocycles. The van der Waals surface area contributed by atoms with E-state index in [9.17, 15) is 38.2 Å². The van der Waals surface area contributed by atoms with Crippen molar-refractivity contribution in [2.24, 2.45) is 0 Å². The summed E-state index contributed by atoms with van der Waals surface area (Å²) in [5.74, 6) is -1.34. The molecule has 0 spiro atoms. The molecular weight excluding hydrogens is 906 g/mol. The molecule has 0 radical (unpaired) electrons. The molecule has 7 atom stereocenters. The molecule has 7 rings (SSSR count). The highest BCUT2D eigenvalue weighted by Crippen LogP contribution is 2.47. The maximum absolute atomic E-state index is 14.1. The number of nitrogens with one attached hydrogen (secondary N) is 1. The van der Waals surface area contributed by atoms with E-state index in [1.165, 1.54) is 41.2 Å². The van der Waals surface area contributed by atoms with Crippen molar-refractivity contribution in [1.82, 2.24) is 39.4 Å². The molecule has 4 aromatic heterocycles. The Morgan fingerprint density at radius 3 is 2.39 bits per heavy atom. The average molecular weight is 946 g/mol. The minimum Gasteiger partial charge on any atom is -0.790 e. The van der Waals surface area contributed by atoms with Crippen molar-refractivity contribution in [3.05, 3.63) is 83.9 Å². The second-order valence-electron chi connectivity index (χ2n) is 14.0. The van der Waals surface area contributed by atoms with Gasteiger partial charge in [-0.2, -0.15) is 4.98 Å². The van der Waals surface area contributed by atoms with Gasteiger partial charge in [0.25, 0.3) is 7.82 Å². The summed E-state index contributed by atoms with van der Waals surface area (Å²) in [7, 11) is -11.0. The number of ether oxygens (including phenoxy) is 3. The zero-order chi connectivity index (χ0) is 45.8. The fourth-order valence-corrected chi connectivity index (χ4v) is 8.42. The highest BCUT2D eigenvalue weighted by Gasteiger charge is 2.43. The molecule has 0 aliphatic carbocycles. The van der Waals surface area contributed by atoms with Crippen LogP contribution >= 0.6 is 27.4 Å². The van der Waals surface area contributed by atoms with Gasteiger partial charge in [0, 0.05) is 35.9 Å². The highest BCUT2D eigenvalue weighted by molar-refractivity contribution is 7.98. The first-order valence-electron chi connectivity index (χ1n) is 19.1. The van der Waals surface area contributed by atoms with Crippen molar-refractivity contribution in [3.8, 4) is 11.3 Å². The Morgan fingerprint density at radius 1 is 0.984 bits per heavy atom. The number of rotatable bonds is 19. The number of anilines is 2. The lowest BCUT2D eigenvalue weighted by molar-refractivity contribution is -0.343. The lowest BCUT2D eigenvalue weighted by atomic mass is 10.1. The molecule has 5 aromatic rings. The molecule has 25 nitrogen and oxygen atoms in total. The summed E-state index contributed by atoms with van der Waals surface area (Å²) in [6.45, 7) is 1.65. The number of benzene rings is 1. The zero-order valence-electron chi connectivity index (χ0n) is 33.5. The zero-order valence-corrected chi connectivity index (χ0v) is 36.1. The number of phosphoric acid groups is 2. The number of phosphoric ester groups is 2. The third kappa shape index (κ3) is 11.3. The molecule has 5 N–H and O–H groups in total. The average Bonchev–Trinajstić information content (AvgIpc) is 4.06. The molecule has 2 aliphatic heterocycles. The van der Waals surface area contributed by atoms with Crippen LogP contribution in [0.1, 0.15) is 54.5 Å². The van der Waals surface area contributed by atoms with Gasteiger partial charge in [0.1, 0.15) is 48.4 Å². The normalized spacial score (nSPS) is 22.1. The number of carbonyl (C=O) groups excluding carboxylic acids is 2. The van der Waals surface area contributed by atoms with Gasteiger partial charge < -0.3 is 68.2 Å². The summed E-state index contributed by atoms with van der Waals surface area (Å²) in [4.78, 5) is 96.4. The first-order valence-corrected chi connectivity index (χ1v) is 23.3. The van der Waals surface area contributed by atoms with Crippen LogP contribution in [0.25, 0.3) is 22.5 Å². The van der Waals surface area contributed by atoms with Gasteiger partial charge in [0.2, 0.25) is 11.8 Å². The first kappa shape index (κ1) is 46.6. The van der Waals surface area contributed by atoms with E-state index in [0.29, 0.717) is 12.0 Å². The Kier molecular flexibility index (Phi) is 14.4. The van der Waals surface area contributed by atoms with Gasteiger partial charge in [-0.05, 0) is 30.9 Å². The number of nitrogens with two attached hydrogens (primary N) is 2. The number of allylic oxidation sites excluding steroid dienone is 1. The van der Waals surface area contributed by atoms with Crippen LogP contribution in [0.2, 0.25) is 0 Å². The topological polar surface area (TPSA) is 361 Å². The van der Waals surface area contributed by atoms with Crippen molar-refractivity contribution in [1.29, 1.82) is 0 Å². The fraction of sp³-hybridized carbons (Fsp3) is 0.389. The van der Waals surface area contributed by atoms with E-state index < -0.39 is 83.8 Å². The number of carbonyl (C=O) groups is 2. The Hall–Kier alpha value is -5.37. The fourth-order valence-electron chi connectivity index (χ4n) is 6.73. The molecule has 2 fully saturated rings. The summed E-state index contributed by atoms with van der Waals surface area (Å²) in [5, 5.41) is 2.68. The monoisotopic (exact) mass is 945 g/mol. The summed E-state index contributed by atoms with van der Waals surface area (Å²) in [6, 6.07) is 8.30. The summed E-state index contributed by atoms with van der Waals surface area (Å²) in [5.41, 5.74) is 11.4. The van der Waals surface area contributed by atoms with E-state index in [1.807, 2.05) is 6.26 Å². The van der Waals surface area contributed by atoms with Gasteiger partial charge in [-0.25, -0.2) is 29.5 Å². The number of oxazole rings is 1. The van der Waals surface area contributed by atoms with Crippen molar-refractivity contribution in [3.63, 3.8) is 0 Å². The number of fused-ring (bicyclic) bond motifs is 1. The molecule has 3 unspecified atom stereocenters. The Bertz CT molecular complexity index is 2660. The summed E-state index contributed by atoms with van der Waals surface area (Å²) >= 11 is 1.49. The summed E-state index contributed by atoms with van der Waals surface area (Å²) < 4.78 is 66.0. The van der Waals surface area contributed by atoms with E-state index >= 15 is 0 Å². The number of nitrogens with zero attached hydrogens (tertiary/aromatic N) is 7. The minimum atomic E-state index is -5.57.